The first kappa shape index (κ1) is 6.09. The lowest BCUT2D eigenvalue weighted by atomic mass is 10.1. The molecule has 0 saturated carbocycles. The zero-order chi connectivity index (χ0) is 6.69. The molecule has 48 valence electrons. The fourth-order valence-electron chi connectivity index (χ4n) is 0.705. The second-order valence-electron chi connectivity index (χ2n) is 1.94. The average molecular weight is 124 g/mol. The normalized spacial score (nSPS) is 24.4. The highest BCUT2D eigenvalue weighted by molar-refractivity contribution is 5.85. The fraction of sp³-hybridized carbons (Fsp3) is 0.667. The van der Waals surface area contributed by atoms with Gasteiger partial charge in [0.15, 0.2) is 0 Å². The Labute approximate surface area is 53.9 Å². The predicted octanol–water partition coefficient (Wildman–Crippen LogP) is 1.06. The van der Waals surface area contributed by atoms with Gasteiger partial charge in [0.05, 0.1) is 5.71 Å². The molecule has 1 rings (SSSR count). The highest BCUT2D eigenvalue weighted by atomic mass is 16.6. The van der Waals surface area contributed by atoms with Crippen molar-refractivity contribution in [3.63, 3.8) is 0 Å². The molecule has 0 saturated heterocycles. The highest BCUT2D eigenvalue weighted by Crippen LogP contribution is 2.10. The van der Waals surface area contributed by atoms with Crippen molar-refractivity contribution in [3.05, 3.63) is 0 Å². The minimum Gasteiger partial charge on any atom is -0.377 e. The van der Waals surface area contributed by atoms with Crippen LogP contribution in [0.5, 0.6) is 0 Å². The van der Waals surface area contributed by atoms with Gasteiger partial charge in [-0.3, -0.25) is 0 Å². The van der Waals surface area contributed by atoms with Crippen molar-refractivity contribution < 1.29 is 4.84 Å². The summed E-state index contributed by atoms with van der Waals surface area (Å²) >= 11 is 0. The van der Waals surface area contributed by atoms with Crippen molar-refractivity contribution in [2.75, 3.05) is 0 Å². The zero-order valence-corrected chi connectivity index (χ0v) is 5.29. The smallest absolute Gasteiger partial charge is 0.217 e. The maximum absolute atomic E-state index is 8.33. The van der Waals surface area contributed by atoms with Gasteiger partial charge in [0.25, 0.3) is 0 Å². The van der Waals surface area contributed by atoms with Crippen molar-refractivity contribution in [1.29, 1.82) is 5.26 Å². The quantitative estimate of drug-likeness (QED) is 0.524. The van der Waals surface area contributed by atoms with Crippen molar-refractivity contribution in [2.45, 2.75) is 25.9 Å². The van der Waals surface area contributed by atoms with Crippen LogP contribution in [0.3, 0.4) is 0 Å². The molecule has 0 aromatic heterocycles. The molecule has 0 aliphatic carbocycles. The molecule has 3 nitrogen and oxygen atoms in total. The van der Waals surface area contributed by atoms with E-state index in [2.05, 4.69) is 5.16 Å². The monoisotopic (exact) mass is 124 g/mol. The van der Waals surface area contributed by atoms with E-state index in [1.165, 1.54) is 0 Å². The van der Waals surface area contributed by atoms with E-state index in [1.54, 1.807) is 0 Å². The second kappa shape index (κ2) is 2.49. The van der Waals surface area contributed by atoms with E-state index in [4.69, 9.17) is 10.1 Å². The van der Waals surface area contributed by atoms with E-state index in [0.717, 1.165) is 12.1 Å². The Balaban J connectivity index is 2.42. The number of oxime groups is 1. The number of nitrogens with zero attached hydrogens (tertiary/aromatic N) is 2. The molecule has 1 aliphatic rings. The van der Waals surface area contributed by atoms with Crippen LogP contribution < -0.4 is 0 Å². The van der Waals surface area contributed by atoms with Gasteiger partial charge in [0.1, 0.15) is 6.07 Å². The fourth-order valence-corrected chi connectivity index (χ4v) is 0.705. The third-order valence-corrected chi connectivity index (χ3v) is 1.28. The molecule has 9 heavy (non-hydrogen) atoms. The van der Waals surface area contributed by atoms with Crippen LogP contribution >= 0.6 is 0 Å². The van der Waals surface area contributed by atoms with Gasteiger partial charge in [-0.15, -0.1) is 0 Å². The van der Waals surface area contributed by atoms with Crippen molar-refractivity contribution in [1.82, 2.24) is 0 Å². The first-order valence-corrected chi connectivity index (χ1v) is 2.98. The largest absolute Gasteiger partial charge is 0.377 e. The van der Waals surface area contributed by atoms with Gasteiger partial charge in [0, 0.05) is 6.42 Å². The highest BCUT2D eigenvalue weighted by Gasteiger charge is 2.17. The summed E-state index contributed by atoms with van der Waals surface area (Å²) in [6.07, 6.45) is 1.26. The van der Waals surface area contributed by atoms with Crippen LogP contribution in [0.15, 0.2) is 5.16 Å². The molecule has 0 aromatic carbocycles. The van der Waals surface area contributed by atoms with E-state index >= 15 is 0 Å². The molecule has 0 aromatic rings. The summed E-state index contributed by atoms with van der Waals surface area (Å²) in [6.45, 7) is 2.00. The molecule has 0 N–H and O–H groups in total. The Morgan fingerprint density at radius 2 is 2.78 bits per heavy atom. The van der Waals surface area contributed by atoms with Crippen LogP contribution in [-0.2, 0) is 4.84 Å². The van der Waals surface area contributed by atoms with Crippen molar-refractivity contribution >= 4 is 5.71 Å². The summed E-state index contributed by atoms with van der Waals surface area (Å²) in [6, 6.07) is 1.99. The van der Waals surface area contributed by atoms with Crippen LogP contribution in [-0.4, -0.2) is 11.8 Å². The molecule has 1 heterocycles. The number of nitriles is 1. The van der Waals surface area contributed by atoms with Crippen molar-refractivity contribution in [2.24, 2.45) is 5.16 Å². The van der Waals surface area contributed by atoms with Gasteiger partial charge in [-0.05, 0) is 6.42 Å². The minimum atomic E-state index is -0.319. The van der Waals surface area contributed by atoms with E-state index in [1.807, 2.05) is 13.0 Å². The molecular formula is C6H8N2O. The first-order chi connectivity index (χ1) is 4.36. The summed E-state index contributed by atoms with van der Waals surface area (Å²) in [4.78, 5) is 4.73. The van der Waals surface area contributed by atoms with E-state index in [-0.39, 0.29) is 6.10 Å². The topological polar surface area (TPSA) is 45.4 Å². The van der Waals surface area contributed by atoms with Crippen LogP contribution in [0.1, 0.15) is 19.8 Å². The standard InChI is InChI=1S/C6H8N2O/c1-2-5-3-6(4-7)9-8-5/h6H,2-3H2,1H3/t6-/m0/s1. The summed E-state index contributed by atoms with van der Waals surface area (Å²) in [7, 11) is 0. The van der Waals surface area contributed by atoms with Crippen LogP contribution in [0.4, 0.5) is 0 Å². The lowest BCUT2D eigenvalue weighted by Gasteiger charge is -1.91. The van der Waals surface area contributed by atoms with Gasteiger partial charge in [-0.25, -0.2) is 0 Å². The van der Waals surface area contributed by atoms with E-state index in [0.29, 0.717) is 6.42 Å². The Morgan fingerprint density at radius 3 is 3.11 bits per heavy atom. The summed E-state index contributed by atoms with van der Waals surface area (Å²) in [5.41, 5.74) is 0.988. The van der Waals surface area contributed by atoms with Crippen molar-refractivity contribution in [3.8, 4) is 6.07 Å². The molecule has 0 fully saturated rings. The summed E-state index contributed by atoms with van der Waals surface area (Å²) in [5.74, 6) is 0. The molecular weight excluding hydrogens is 116 g/mol. The SMILES string of the molecule is CCC1=NO[C@H](C#N)C1. The minimum absolute atomic E-state index is 0.319. The summed E-state index contributed by atoms with van der Waals surface area (Å²) < 4.78 is 0. The van der Waals surface area contributed by atoms with E-state index < -0.39 is 0 Å². The van der Waals surface area contributed by atoms with Gasteiger partial charge in [-0.2, -0.15) is 5.26 Å². The molecule has 1 aliphatic heterocycles. The van der Waals surface area contributed by atoms with Crippen LogP contribution in [0, 0.1) is 11.3 Å². The molecule has 3 heteroatoms. The molecule has 0 bridgehead atoms. The maximum Gasteiger partial charge on any atom is 0.217 e. The molecule has 1 atom stereocenters. The number of hydrogen-bond donors (Lipinski definition) is 0. The Hall–Kier alpha value is -1.04. The molecule has 0 spiro atoms. The third kappa shape index (κ3) is 1.20. The van der Waals surface area contributed by atoms with Crippen LogP contribution in [0.2, 0.25) is 0 Å². The lowest BCUT2D eigenvalue weighted by Crippen LogP contribution is -2.02. The average Bonchev–Trinajstić information content (AvgIpc) is 2.34. The molecule has 0 unspecified atom stereocenters. The molecule has 0 amide bonds. The third-order valence-electron chi connectivity index (χ3n) is 1.28. The lowest BCUT2D eigenvalue weighted by molar-refractivity contribution is 0.125. The zero-order valence-electron chi connectivity index (χ0n) is 5.29. The second-order valence-corrected chi connectivity index (χ2v) is 1.94. The van der Waals surface area contributed by atoms with Gasteiger partial charge < -0.3 is 4.84 Å². The van der Waals surface area contributed by atoms with Gasteiger partial charge in [0.2, 0.25) is 6.10 Å². The number of hydrogen-bond acceptors (Lipinski definition) is 3. The Bertz CT molecular complexity index is 168. The first-order valence-electron chi connectivity index (χ1n) is 2.98. The Morgan fingerprint density at radius 1 is 2.00 bits per heavy atom. The van der Waals surface area contributed by atoms with Gasteiger partial charge >= 0.3 is 0 Å². The van der Waals surface area contributed by atoms with Gasteiger partial charge in [-0.1, -0.05) is 12.1 Å². The van der Waals surface area contributed by atoms with Crippen LogP contribution in [0.25, 0.3) is 0 Å². The predicted molar refractivity (Wildman–Crippen MR) is 32.8 cm³/mol. The molecule has 0 radical (unpaired) electrons. The number of rotatable bonds is 1. The maximum atomic E-state index is 8.33. The van der Waals surface area contributed by atoms with E-state index in [9.17, 15) is 0 Å². The summed E-state index contributed by atoms with van der Waals surface area (Å²) in [5, 5.41) is 12.0. The Kier molecular flexibility index (Phi) is 1.69.